The van der Waals surface area contributed by atoms with Gasteiger partial charge in [0.05, 0.1) is 10.6 Å². The Bertz CT molecular complexity index is 683. The van der Waals surface area contributed by atoms with Crippen molar-refractivity contribution in [2.24, 2.45) is 0 Å². The summed E-state index contributed by atoms with van der Waals surface area (Å²) in [6.07, 6.45) is 1.26. The van der Waals surface area contributed by atoms with E-state index in [1.54, 1.807) is 18.2 Å². The van der Waals surface area contributed by atoms with E-state index in [9.17, 15) is 10.1 Å². The SMILES string of the molecule is CCNc1ncnc(Nc2ccc(Cl)cc2Br)c1[N+](=O)[O-]. The summed E-state index contributed by atoms with van der Waals surface area (Å²) in [7, 11) is 0. The highest BCUT2D eigenvalue weighted by Gasteiger charge is 2.23. The van der Waals surface area contributed by atoms with Crippen molar-refractivity contribution in [3.8, 4) is 0 Å². The predicted octanol–water partition coefficient (Wildman–Crippen LogP) is 3.98. The highest BCUT2D eigenvalue weighted by Crippen LogP contribution is 2.34. The number of anilines is 3. The van der Waals surface area contributed by atoms with E-state index in [0.717, 1.165) is 0 Å². The van der Waals surface area contributed by atoms with Gasteiger partial charge in [-0.15, -0.1) is 0 Å². The molecule has 0 saturated heterocycles. The normalized spacial score (nSPS) is 10.2. The molecule has 9 heteroatoms. The van der Waals surface area contributed by atoms with Crippen molar-refractivity contribution in [2.45, 2.75) is 6.92 Å². The van der Waals surface area contributed by atoms with Gasteiger partial charge in [0.15, 0.2) is 0 Å². The van der Waals surface area contributed by atoms with Gasteiger partial charge in [-0.1, -0.05) is 11.6 Å². The zero-order valence-electron chi connectivity index (χ0n) is 10.9. The number of nitro groups is 1. The minimum Gasteiger partial charge on any atom is -0.364 e. The molecule has 2 rings (SSSR count). The van der Waals surface area contributed by atoms with Gasteiger partial charge in [-0.05, 0) is 41.1 Å². The smallest absolute Gasteiger partial charge is 0.353 e. The molecule has 0 aliphatic carbocycles. The fourth-order valence-corrected chi connectivity index (χ4v) is 2.44. The van der Waals surface area contributed by atoms with E-state index in [-0.39, 0.29) is 17.3 Å². The molecule has 0 aliphatic heterocycles. The number of nitrogens with one attached hydrogen (secondary N) is 2. The van der Waals surface area contributed by atoms with E-state index < -0.39 is 4.92 Å². The lowest BCUT2D eigenvalue weighted by atomic mass is 10.3. The molecule has 1 aromatic heterocycles. The maximum absolute atomic E-state index is 11.3. The number of benzene rings is 1. The van der Waals surface area contributed by atoms with Crippen molar-refractivity contribution >= 4 is 50.5 Å². The summed E-state index contributed by atoms with van der Waals surface area (Å²) in [5.41, 5.74) is 0.407. The minimum absolute atomic E-state index is 0.106. The first-order valence-corrected chi connectivity index (χ1v) is 7.15. The van der Waals surface area contributed by atoms with Crippen LogP contribution in [0.25, 0.3) is 0 Å². The summed E-state index contributed by atoms with van der Waals surface area (Å²) < 4.78 is 0.674. The summed E-state index contributed by atoms with van der Waals surface area (Å²) in [6, 6.07) is 5.06. The molecule has 0 radical (unpaired) electrons. The van der Waals surface area contributed by atoms with Gasteiger partial charge in [0, 0.05) is 16.0 Å². The van der Waals surface area contributed by atoms with Gasteiger partial charge in [-0.3, -0.25) is 10.1 Å². The zero-order chi connectivity index (χ0) is 15.4. The molecule has 7 nitrogen and oxygen atoms in total. The molecule has 0 spiro atoms. The molecule has 0 unspecified atom stereocenters. The van der Waals surface area contributed by atoms with Crippen molar-refractivity contribution in [3.05, 3.63) is 44.1 Å². The van der Waals surface area contributed by atoms with E-state index in [1.807, 2.05) is 6.92 Å². The zero-order valence-corrected chi connectivity index (χ0v) is 13.3. The maximum atomic E-state index is 11.3. The summed E-state index contributed by atoms with van der Waals surface area (Å²) in [5.74, 6) is 0.277. The van der Waals surface area contributed by atoms with E-state index in [4.69, 9.17) is 11.6 Å². The molecular formula is C12H11BrClN5O2. The Morgan fingerprint density at radius 2 is 2.10 bits per heavy atom. The van der Waals surface area contributed by atoms with Crippen LogP contribution < -0.4 is 10.6 Å². The third-order valence-corrected chi connectivity index (χ3v) is 3.42. The fraction of sp³-hybridized carbons (Fsp3) is 0.167. The first-order chi connectivity index (χ1) is 10.0. The molecule has 2 N–H and O–H groups in total. The van der Waals surface area contributed by atoms with Gasteiger partial charge in [-0.2, -0.15) is 0 Å². The third kappa shape index (κ3) is 3.59. The molecule has 0 fully saturated rings. The Morgan fingerprint density at radius 1 is 1.38 bits per heavy atom. The number of rotatable bonds is 5. The van der Waals surface area contributed by atoms with Gasteiger partial charge >= 0.3 is 5.69 Å². The van der Waals surface area contributed by atoms with Crippen LogP contribution in [0.5, 0.6) is 0 Å². The van der Waals surface area contributed by atoms with Crippen LogP contribution in [-0.4, -0.2) is 21.4 Å². The van der Waals surface area contributed by atoms with Crippen LogP contribution in [0.2, 0.25) is 5.02 Å². The monoisotopic (exact) mass is 371 g/mol. The fourth-order valence-electron chi connectivity index (χ4n) is 1.66. The Morgan fingerprint density at radius 3 is 2.71 bits per heavy atom. The van der Waals surface area contributed by atoms with E-state index in [2.05, 4.69) is 36.5 Å². The number of hydrogen-bond acceptors (Lipinski definition) is 6. The number of aromatic nitrogens is 2. The molecule has 0 aliphatic rings. The van der Waals surface area contributed by atoms with Gasteiger partial charge in [-0.25, -0.2) is 9.97 Å². The van der Waals surface area contributed by atoms with Crippen molar-refractivity contribution in [3.63, 3.8) is 0 Å². The van der Waals surface area contributed by atoms with Crippen LogP contribution in [0.4, 0.5) is 23.0 Å². The van der Waals surface area contributed by atoms with Crippen molar-refractivity contribution < 1.29 is 4.92 Å². The second kappa shape index (κ2) is 6.68. The van der Waals surface area contributed by atoms with Crippen molar-refractivity contribution in [2.75, 3.05) is 17.2 Å². The lowest BCUT2D eigenvalue weighted by molar-refractivity contribution is -0.383. The van der Waals surface area contributed by atoms with Gasteiger partial charge in [0.25, 0.3) is 0 Å². The van der Waals surface area contributed by atoms with Crippen molar-refractivity contribution in [1.29, 1.82) is 0 Å². The molecule has 0 amide bonds. The van der Waals surface area contributed by atoms with Crippen molar-refractivity contribution in [1.82, 2.24) is 9.97 Å². The van der Waals surface area contributed by atoms with Crippen LogP contribution >= 0.6 is 27.5 Å². The minimum atomic E-state index is -0.524. The molecule has 0 bridgehead atoms. The van der Waals surface area contributed by atoms with E-state index in [1.165, 1.54) is 6.33 Å². The average Bonchev–Trinajstić information content (AvgIpc) is 2.42. The number of nitrogens with zero attached hydrogens (tertiary/aromatic N) is 3. The maximum Gasteiger partial charge on any atom is 0.353 e. The highest BCUT2D eigenvalue weighted by molar-refractivity contribution is 9.10. The standard InChI is InChI=1S/C12H11BrClN5O2/c1-2-15-11-10(19(20)21)12(17-6-16-11)18-9-4-3-7(14)5-8(9)13/h3-6H,2H2,1H3,(H2,15,16,17,18). The number of halogens is 2. The molecule has 0 saturated carbocycles. The van der Waals surface area contributed by atoms with Crippen LogP contribution in [0.15, 0.2) is 29.0 Å². The second-order valence-corrected chi connectivity index (χ2v) is 5.25. The Hall–Kier alpha value is -1.93. The molecule has 21 heavy (non-hydrogen) atoms. The Balaban J connectivity index is 2.43. The molecule has 1 aromatic carbocycles. The first kappa shape index (κ1) is 15.5. The molecule has 110 valence electrons. The topological polar surface area (TPSA) is 93.0 Å². The molecular weight excluding hydrogens is 362 g/mol. The molecule has 2 aromatic rings. The Kier molecular flexibility index (Phi) is 4.92. The lowest BCUT2D eigenvalue weighted by Gasteiger charge is -2.10. The van der Waals surface area contributed by atoms with Gasteiger partial charge in [0.1, 0.15) is 6.33 Å². The highest BCUT2D eigenvalue weighted by atomic mass is 79.9. The second-order valence-electron chi connectivity index (χ2n) is 3.96. The quantitative estimate of drug-likeness (QED) is 0.609. The Labute approximate surface area is 134 Å². The van der Waals surface area contributed by atoms with E-state index >= 15 is 0 Å². The first-order valence-electron chi connectivity index (χ1n) is 5.98. The van der Waals surface area contributed by atoms with Crippen LogP contribution in [0.3, 0.4) is 0 Å². The van der Waals surface area contributed by atoms with Crippen LogP contribution in [0, 0.1) is 10.1 Å². The van der Waals surface area contributed by atoms with Crippen LogP contribution in [0.1, 0.15) is 6.92 Å². The summed E-state index contributed by atoms with van der Waals surface area (Å²) in [5, 5.41) is 17.6. The van der Waals surface area contributed by atoms with E-state index in [0.29, 0.717) is 21.7 Å². The summed E-state index contributed by atoms with van der Waals surface area (Å²) in [6.45, 7) is 2.34. The average molecular weight is 373 g/mol. The summed E-state index contributed by atoms with van der Waals surface area (Å²) >= 11 is 9.21. The largest absolute Gasteiger partial charge is 0.364 e. The lowest BCUT2D eigenvalue weighted by Crippen LogP contribution is -2.07. The summed E-state index contributed by atoms with van der Waals surface area (Å²) in [4.78, 5) is 18.6. The third-order valence-electron chi connectivity index (χ3n) is 2.53. The van der Waals surface area contributed by atoms with Gasteiger partial charge < -0.3 is 10.6 Å². The van der Waals surface area contributed by atoms with Gasteiger partial charge in [0.2, 0.25) is 11.6 Å². The predicted molar refractivity (Wildman–Crippen MR) is 85.3 cm³/mol. The molecule has 0 atom stereocenters. The number of hydrogen-bond donors (Lipinski definition) is 2. The van der Waals surface area contributed by atoms with Crippen LogP contribution in [-0.2, 0) is 0 Å². The molecule has 1 heterocycles.